The van der Waals surface area contributed by atoms with Gasteiger partial charge in [0.15, 0.2) is 5.96 Å². The van der Waals surface area contributed by atoms with Crippen molar-refractivity contribution in [2.45, 2.75) is 19.0 Å². The number of benzene rings is 1. The highest BCUT2D eigenvalue weighted by Gasteiger charge is 2.26. The average Bonchev–Trinajstić information content (AvgIpc) is 2.66. The van der Waals surface area contributed by atoms with Crippen molar-refractivity contribution in [2.75, 3.05) is 51.2 Å². The van der Waals surface area contributed by atoms with E-state index in [9.17, 15) is 22.4 Å². The van der Waals surface area contributed by atoms with Gasteiger partial charge in [-0.15, -0.1) is 24.0 Å². The Bertz CT molecular complexity index is 661. The summed E-state index contributed by atoms with van der Waals surface area (Å²) in [6.07, 6.45) is -4.96. The fourth-order valence-electron chi connectivity index (χ4n) is 2.86. The molecule has 11 heteroatoms. The van der Waals surface area contributed by atoms with E-state index in [1.807, 2.05) is 0 Å². The van der Waals surface area contributed by atoms with Crippen LogP contribution >= 0.6 is 24.0 Å². The van der Waals surface area contributed by atoms with Crippen LogP contribution < -0.4 is 15.5 Å². The molecule has 1 saturated heterocycles. The minimum atomic E-state index is -4.22. The molecule has 0 unspecified atom stereocenters. The highest BCUT2D eigenvalue weighted by atomic mass is 127. The molecule has 1 aliphatic rings. The Balaban J connectivity index is 0.00000420. The number of hydrogen-bond acceptors (Lipinski definition) is 3. The van der Waals surface area contributed by atoms with Gasteiger partial charge in [0.2, 0.25) is 5.91 Å². The van der Waals surface area contributed by atoms with Gasteiger partial charge in [0.1, 0.15) is 5.82 Å². The molecule has 0 aromatic heterocycles. The SMILES string of the molecule is CN=C(NCCC(=O)N1CCN(c2ccc(F)cc2)CC1)NCCC(F)(F)F.I. The van der Waals surface area contributed by atoms with Gasteiger partial charge in [-0.2, -0.15) is 13.2 Å². The molecule has 164 valence electrons. The van der Waals surface area contributed by atoms with Crippen LogP contribution in [0.5, 0.6) is 0 Å². The first-order chi connectivity index (χ1) is 13.3. The number of carbonyl (C=O) groups excluding carboxylic acids is 1. The lowest BCUT2D eigenvalue weighted by Gasteiger charge is -2.36. The lowest BCUT2D eigenvalue weighted by molar-refractivity contribution is -0.133. The van der Waals surface area contributed by atoms with Gasteiger partial charge in [-0.1, -0.05) is 0 Å². The number of aliphatic imine (C=N–C) groups is 1. The lowest BCUT2D eigenvalue weighted by atomic mass is 10.2. The highest BCUT2D eigenvalue weighted by Crippen LogP contribution is 2.18. The molecule has 1 aliphatic heterocycles. The van der Waals surface area contributed by atoms with Crippen molar-refractivity contribution < 1.29 is 22.4 Å². The molecular weight excluding hydrogens is 505 g/mol. The van der Waals surface area contributed by atoms with Crippen molar-refractivity contribution in [3.63, 3.8) is 0 Å². The number of hydrogen-bond donors (Lipinski definition) is 2. The van der Waals surface area contributed by atoms with Crippen molar-refractivity contribution in [3.8, 4) is 0 Å². The Morgan fingerprint density at radius 3 is 2.21 bits per heavy atom. The van der Waals surface area contributed by atoms with Crippen LogP contribution in [0.15, 0.2) is 29.3 Å². The molecule has 1 aromatic rings. The number of halogens is 5. The number of guanidine groups is 1. The van der Waals surface area contributed by atoms with Crippen LogP contribution in [0.4, 0.5) is 23.2 Å². The molecule has 1 fully saturated rings. The number of alkyl halides is 3. The van der Waals surface area contributed by atoms with Gasteiger partial charge in [-0.3, -0.25) is 9.79 Å². The quantitative estimate of drug-likeness (QED) is 0.257. The predicted octanol–water partition coefficient (Wildman–Crippen LogP) is 2.60. The fraction of sp³-hybridized carbons (Fsp3) is 0.556. The molecule has 0 saturated carbocycles. The number of anilines is 1. The van der Waals surface area contributed by atoms with E-state index in [1.54, 1.807) is 17.0 Å². The third-order valence-corrected chi connectivity index (χ3v) is 4.38. The van der Waals surface area contributed by atoms with Crippen molar-refractivity contribution in [1.82, 2.24) is 15.5 Å². The normalized spacial score (nSPS) is 15.0. The smallest absolute Gasteiger partial charge is 0.368 e. The first-order valence-corrected chi connectivity index (χ1v) is 9.08. The minimum absolute atomic E-state index is 0. The van der Waals surface area contributed by atoms with Gasteiger partial charge >= 0.3 is 6.18 Å². The van der Waals surface area contributed by atoms with E-state index >= 15 is 0 Å². The Hall–Kier alpha value is -1.79. The first kappa shape index (κ1) is 25.2. The Kier molecular flexibility index (Phi) is 10.5. The summed E-state index contributed by atoms with van der Waals surface area (Å²) in [4.78, 5) is 20.0. The minimum Gasteiger partial charge on any atom is -0.368 e. The van der Waals surface area contributed by atoms with Crippen LogP contribution in [0.1, 0.15) is 12.8 Å². The summed E-state index contributed by atoms with van der Waals surface area (Å²) in [6.45, 7) is 2.45. The van der Waals surface area contributed by atoms with E-state index < -0.39 is 12.6 Å². The van der Waals surface area contributed by atoms with Crippen LogP contribution in [-0.4, -0.2) is 69.3 Å². The van der Waals surface area contributed by atoms with Gasteiger partial charge in [-0.05, 0) is 24.3 Å². The van der Waals surface area contributed by atoms with Crippen LogP contribution in [0.3, 0.4) is 0 Å². The third kappa shape index (κ3) is 9.05. The Morgan fingerprint density at radius 1 is 1.07 bits per heavy atom. The topological polar surface area (TPSA) is 60.0 Å². The molecule has 0 aliphatic carbocycles. The summed E-state index contributed by atoms with van der Waals surface area (Å²) in [5.74, 6) is -0.0804. The second-order valence-corrected chi connectivity index (χ2v) is 6.39. The first-order valence-electron chi connectivity index (χ1n) is 9.08. The van der Waals surface area contributed by atoms with E-state index in [4.69, 9.17) is 0 Å². The van der Waals surface area contributed by atoms with Gasteiger partial charge in [0.25, 0.3) is 0 Å². The molecule has 2 rings (SSSR count). The zero-order valence-electron chi connectivity index (χ0n) is 16.1. The van der Waals surface area contributed by atoms with Crippen LogP contribution in [0.2, 0.25) is 0 Å². The maximum absolute atomic E-state index is 13.0. The lowest BCUT2D eigenvalue weighted by Crippen LogP contribution is -2.49. The third-order valence-electron chi connectivity index (χ3n) is 4.38. The zero-order valence-corrected chi connectivity index (χ0v) is 18.5. The van der Waals surface area contributed by atoms with Crippen molar-refractivity contribution in [3.05, 3.63) is 30.1 Å². The number of rotatable bonds is 6. The molecule has 0 bridgehead atoms. The molecule has 2 N–H and O–H groups in total. The molecule has 29 heavy (non-hydrogen) atoms. The molecule has 1 amide bonds. The van der Waals surface area contributed by atoms with Crippen molar-refractivity contribution >= 4 is 41.5 Å². The largest absolute Gasteiger partial charge is 0.390 e. The zero-order chi connectivity index (χ0) is 20.6. The van der Waals surface area contributed by atoms with E-state index in [0.29, 0.717) is 26.2 Å². The summed E-state index contributed by atoms with van der Waals surface area (Å²) in [5, 5.41) is 5.41. The molecule has 1 aromatic carbocycles. The van der Waals surface area contributed by atoms with E-state index in [0.717, 1.165) is 5.69 Å². The molecule has 1 heterocycles. The molecule has 0 spiro atoms. The van der Waals surface area contributed by atoms with Crippen LogP contribution in [0, 0.1) is 5.82 Å². The van der Waals surface area contributed by atoms with Gasteiger partial charge in [0, 0.05) is 58.4 Å². The predicted molar refractivity (Wildman–Crippen MR) is 115 cm³/mol. The summed E-state index contributed by atoms with van der Waals surface area (Å²) in [7, 11) is 1.46. The number of piperazine rings is 1. The summed E-state index contributed by atoms with van der Waals surface area (Å²) < 4.78 is 49.5. The van der Waals surface area contributed by atoms with Gasteiger partial charge < -0.3 is 20.4 Å². The standard InChI is InChI=1S/C18H25F4N5O.HI/c1-23-17(25-9-7-18(20,21)22)24-8-6-16(28)27-12-10-26(11-13-27)15-4-2-14(19)3-5-15;/h2-5H,6-13H2,1H3,(H2,23,24,25);1H. The van der Waals surface area contributed by atoms with Gasteiger partial charge in [-0.25, -0.2) is 4.39 Å². The summed E-state index contributed by atoms with van der Waals surface area (Å²) >= 11 is 0. The number of carbonyl (C=O) groups is 1. The molecule has 0 atom stereocenters. The van der Waals surface area contributed by atoms with Crippen molar-refractivity contribution in [2.24, 2.45) is 4.99 Å². The maximum Gasteiger partial charge on any atom is 0.390 e. The van der Waals surface area contributed by atoms with Gasteiger partial charge in [0.05, 0.1) is 6.42 Å². The maximum atomic E-state index is 13.0. The fourth-order valence-corrected chi connectivity index (χ4v) is 2.86. The molecular formula is C18H26F4IN5O. The van der Waals surface area contributed by atoms with Crippen LogP contribution in [-0.2, 0) is 4.79 Å². The summed E-state index contributed by atoms with van der Waals surface area (Å²) in [5.41, 5.74) is 0.920. The highest BCUT2D eigenvalue weighted by molar-refractivity contribution is 14.0. The molecule has 6 nitrogen and oxygen atoms in total. The van der Waals surface area contributed by atoms with Crippen molar-refractivity contribution in [1.29, 1.82) is 0 Å². The number of amides is 1. The van der Waals surface area contributed by atoms with E-state index in [1.165, 1.54) is 19.2 Å². The van der Waals surface area contributed by atoms with E-state index in [-0.39, 0.29) is 61.2 Å². The Labute approximate surface area is 184 Å². The van der Waals surface area contributed by atoms with E-state index in [2.05, 4.69) is 20.5 Å². The summed E-state index contributed by atoms with van der Waals surface area (Å²) in [6, 6.07) is 6.25. The average molecular weight is 531 g/mol. The molecule has 0 radical (unpaired) electrons. The Morgan fingerprint density at radius 2 is 1.66 bits per heavy atom. The van der Waals surface area contributed by atoms with Crippen LogP contribution in [0.25, 0.3) is 0 Å². The monoisotopic (exact) mass is 531 g/mol. The number of nitrogens with zero attached hydrogens (tertiary/aromatic N) is 3. The second kappa shape index (κ2) is 12.0. The number of nitrogens with one attached hydrogen (secondary N) is 2. The second-order valence-electron chi connectivity index (χ2n) is 6.39.